The van der Waals surface area contributed by atoms with E-state index in [2.05, 4.69) is 6.08 Å². The fourth-order valence-electron chi connectivity index (χ4n) is 3.14. The minimum absolute atomic E-state index is 0.0993. The smallest absolute Gasteiger partial charge is 0.175 e. The Morgan fingerprint density at radius 1 is 1.21 bits per heavy atom. The summed E-state index contributed by atoms with van der Waals surface area (Å²) in [6.45, 7) is 0. The first-order valence-electron chi connectivity index (χ1n) is 5.32. The third kappa shape index (κ3) is 1.05. The Hall–Kier alpha value is -0.570. The monoisotopic (exact) mass is 210 g/mol. The second kappa shape index (κ2) is 2.72. The van der Waals surface area contributed by atoms with Gasteiger partial charge in [0, 0.05) is 11.3 Å². The molecule has 0 aromatic carbocycles. The number of allylic oxidation sites excluding steroid dienone is 3. The molecule has 2 nitrogen and oxygen atoms in total. The Balaban J connectivity index is 2.15. The molecule has 0 saturated heterocycles. The molecule has 0 spiro atoms. The van der Waals surface area contributed by atoms with E-state index >= 15 is 0 Å². The van der Waals surface area contributed by atoms with Gasteiger partial charge in [0.15, 0.2) is 9.84 Å². The lowest BCUT2D eigenvalue weighted by Gasteiger charge is -2.32. The molecule has 0 amide bonds. The Morgan fingerprint density at radius 2 is 2.07 bits per heavy atom. The lowest BCUT2D eigenvalue weighted by molar-refractivity contribution is 0.476. The molecule has 3 rings (SSSR count). The molecular formula is C11H14O2S. The van der Waals surface area contributed by atoms with Gasteiger partial charge in [-0.25, -0.2) is 8.42 Å². The highest BCUT2D eigenvalue weighted by Crippen LogP contribution is 2.47. The zero-order valence-corrected chi connectivity index (χ0v) is 8.89. The van der Waals surface area contributed by atoms with Crippen molar-refractivity contribution >= 4 is 9.84 Å². The average molecular weight is 210 g/mol. The van der Waals surface area contributed by atoms with Crippen molar-refractivity contribution in [2.75, 3.05) is 0 Å². The minimum atomic E-state index is -2.90. The van der Waals surface area contributed by atoms with E-state index in [4.69, 9.17) is 0 Å². The highest BCUT2D eigenvalue weighted by molar-refractivity contribution is 7.95. The maximum Gasteiger partial charge on any atom is 0.175 e. The van der Waals surface area contributed by atoms with Crippen molar-refractivity contribution < 1.29 is 8.42 Å². The van der Waals surface area contributed by atoms with E-state index in [9.17, 15) is 8.42 Å². The molecule has 1 aliphatic heterocycles. The van der Waals surface area contributed by atoms with Gasteiger partial charge in [0.05, 0.1) is 5.25 Å². The third-order valence-corrected chi connectivity index (χ3v) is 5.69. The molecule has 14 heavy (non-hydrogen) atoms. The first-order valence-corrected chi connectivity index (χ1v) is 6.93. The van der Waals surface area contributed by atoms with E-state index in [0.29, 0.717) is 0 Å². The van der Waals surface area contributed by atoms with E-state index in [1.54, 1.807) is 5.41 Å². The predicted molar refractivity (Wildman–Crippen MR) is 55.4 cm³/mol. The normalized spacial score (nSPS) is 38.6. The molecule has 0 aromatic heterocycles. The van der Waals surface area contributed by atoms with E-state index in [1.807, 2.05) is 0 Å². The molecule has 0 bridgehead atoms. The molecule has 3 heteroatoms. The third-order valence-electron chi connectivity index (χ3n) is 3.70. The Labute approximate surface area is 84.6 Å². The van der Waals surface area contributed by atoms with Crippen molar-refractivity contribution in [3.05, 3.63) is 22.6 Å². The summed E-state index contributed by atoms with van der Waals surface area (Å²) < 4.78 is 23.7. The molecule has 1 fully saturated rings. The van der Waals surface area contributed by atoms with E-state index in [-0.39, 0.29) is 11.2 Å². The highest BCUT2D eigenvalue weighted by Gasteiger charge is 2.44. The number of rotatable bonds is 0. The van der Waals surface area contributed by atoms with Gasteiger partial charge in [-0.3, -0.25) is 0 Å². The maximum atomic E-state index is 11.8. The van der Waals surface area contributed by atoms with Crippen LogP contribution in [0.3, 0.4) is 0 Å². The second-order valence-electron chi connectivity index (χ2n) is 4.51. The minimum Gasteiger partial charge on any atom is -0.224 e. The van der Waals surface area contributed by atoms with Crippen molar-refractivity contribution in [3.63, 3.8) is 0 Å². The number of sulfone groups is 1. The predicted octanol–water partition coefficient (Wildman–Crippen LogP) is 2.19. The van der Waals surface area contributed by atoms with Crippen LogP contribution in [-0.2, 0) is 9.84 Å². The maximum absolute atomic E-state index is 11.8. The van der Waals surface area contributed by atoms with Crippen LogP contribution in [0.15, 0.2) is 22.6 Å². The van der Waals surface area contributed by atoms with Crippen LogP contribution in [-0.4, -0.2) is 13.7 Å². The van der Waals surface area contributed by atoms with Crippen molar-refractivity contribution in [3.8, 4) is 0 Å². The number of hydrogen-bond donors (Lipinski definition) is 0. The summed E-state index contributed by atoms with van der Waals surface area (Å²) in [5.74, 6) is 0.280. The fourth-order valence-corrected chi connectivity index (χ4v) is 5.22. The molecule has 0 radical (unpaired) electrons. The van der Waals surface area contributed by atoms with Gasteiger partial charge in [-0.1, -0.05) is 17.2 Å². The Bertz CT molecular complexity index is 428. The van der Waals surface area contributed by atoms with Crippen molar-refractivity contribution in [1.82, 2.24) is 0 Å². The summed E-state index contributed by atoms with van der Waals surface area (Å²) in [4.78, 5) is 0. The zero-order chi connectivity index (χ0) is 9.76. The van der Waals surface area contributed by atoms with Crippen LogP contribution in [0, 0.1) is 5.92 Å². The standard InChI is InChI=1S/C11H14O2S/c12-14(13)7-9-5-1-3-8-4-2-6-10(14)11(8)9/h3,7,10-11H,1-2,4-6H2. The molecule has 2 aliphatic carbocycles. The molecule has 1 heterocycles. The summed E-state index contributed by atoms with van der Waals surface area (Å²) in [5.41, 5.74) is 2.59. The van der Waals surface area contributed by atoms with Crippen LogP contribution in [0.5, 0.6) is 0 Å². The highest BCUT2D eigenvalue weighted by atomic mass is 32.2. The molecule has 3 aliphatic rings. The number of hydrogen-bond acceptors (Lipinski definition) is 2. The topological polar surface area (TPSA) is 34.1 Å². The Kier molecular flexibility index (Phi) is 1.69. The summed E-state index contributed by atoms with van der Waals surface area (Å²) in [6.07, 6.45) is 7.31. The van der Waals surface area contributed by atoms with Gasteiger partial charge in [-0.15, -0.1) is 0 Å². The van der Waals surface area contributed by atoms with Crippen LogP contribution >= 0.6 is 0 Å². The van der Waals surface area contributed by atoms with Gasteiger partial charge in [0.2, 0.25) is 0 Å². The second-order valence-corrected chi connectivity index (χ2v) is 6.53. The van der Waals surface area contributed by atoms with Crippen LogP contribution < -0.4 is 0 Å². The molecule has 2 unspecified atom stereocenters. The quantitative estimate of drug-likeness (QED) is 0.574. The molecular weight excluding hydrogens is 196 g/mol. The summed E-state index contributed by atoms with van der Waals surface area (Å²) in [6, 6.07) is 0. The van der Waals surface area contributed by atoms with Crippen molar-refractivity contribution in [2.45, 2.75) is 37.4 Å². The van der Waals surface area contributed by atoms with Gasteiger partial charge in [-0.2, -0.15) is 0 Å². The first-order chi connectivity index (χ1) is 6.68. The lowest BCUT2D eigenvalue weighted by atomic mass is 9.75. The van der Waals surface area contributed by atoms with Crippen LogP contribution in [0.2, 0.25) is 0 Å². The van der Waals surface area contributed by atoms with Crippen LogP contribution in [0.25, 0.3) is 0 Å². The van der Waals surface area contributed by atoms with Gasteiger partial charge in [0.25, 0.3) is 0 Å². The van der Waals surface area contributed by atoms with Crippen LogP contribution in [0.4, 0.5) is 0 Å². The molecule has 0 aromatic rings. The fraction of sp³-hybridized carbons (Fsp3) is 0.636. The SMILES string of the molecule is O=S1(=O)C=C2CCC=C3CCCC1C23. The molecule has 1 saturated carbocycles. The zero-order valence-electron chi connectivity index (χ0n) is 8.07. The van der Waals surface area contributed by atoms with E-state index < -0.39 is 9.84 Å². The Morgan fingerprint density at radius 3 is 2.93 bits per heavy atom. The van der Waals surface area contributed by atoms with E-state index in [1.165, 1.54) is 11.1 Å². The summed E-state index contributed by atoms with van der Waals surface area (Å²) >= 11 is 0. The van der Waals surface area contributed by atoms with Gasteiger partial charge < -0.3 is 0 Å². The molecule has 76 valence electrons. The van der Waals surface area contributed by atoms with Gasteiger partial charge >= 0.3 is 0 Å². The molecule has 0 N–H and O–H groups in total. The largest absolute Gasteiger partial charge is 0.224 e. The average Bonchev–Trinajstić information content (AvgIpc) is 2.41. The van der Waals surface area contributed by atoms with Crippen LogP contribution in [0.1, 0.15) is 32.1 Å². The van der Waals surface area contributed by atoms with E-state index in [0.717, 1.165) is 32.1 Å². The van der Waals surface area contributed by atoms with Gasteiger partial charge in [-0.05, 0) is 32.1 Å². The van der Waals surface area contributed by atoms with Gasteiger partial charge in [0.1, 0.15) is 0 Å². The first kappa shape index (κ1) is 8.72. The summed E-state index contributed by atoms with van der Waals surface area (Å²) in [7, 11) is -2.90. The lowest BCUT2D eigenvalue weighted by Crippen LogP contribution is -2.30. The summed E-state index contributed by atoms with van der Waals surface area (Å²) in [5, 5.41) is 1.47. The van der Waals surface area contributed by atoms with Crippen molar-refractivity contribution in [1.29, 1.82) is 0 Å². The molecule has 2 atom stereocenters. The van der Waals surface area contributed by atoms with Crippen molar-refractivity contribution in [2.24, 2.45) is 5.92 Å².